The van der Waals surface area contributed by atoms with Crippen molar-refractivity contribution in [3.05, 3.63) is 63.1 Å². The summed E-state index contributed by atoms with van der Waals surface area (Å²) in [5, 5.41) is 8.03. The molecule has 2 aromatic rings. The minimum absolute atomic E-state index is 0.0205. The van der Waals surface area contributed by atoms with Crippen LogP contribution in [0.15, 0.2) is 46.9 Å². The third-order valence-electron chi connectivity index (χ3n) is 2.55. The summed E-state index contributed by atoms with van der Waals surface area (Å²) < 4.78 is 6.58. The van der Waals surface area contributed by atoms with E-state index in [9.17, 15) is 0 Å². The third-order valence-corrected chi connectivity index (χ3v) is 3.40. The second kappa shape index (κ2) is 6.08. The molecule has 0 saturated carbocycles. The summed E-state index contributed by atoms with van der Waals surface area (Å²) in [5.41, 5.74) is 6.97. The molecular weight excluding hydrogens is 328 g/mol. The summed E-state index contributed by atoms with van der Waals surface area (Å²) in [5.74, 6) is 0.679. The zero-order valence-corrected chi connectivity index (χ0v) is 12.3. The van der Waals surface area contributed by atoms with Gasteiger partial charge >= 0.3 is 0 Å². The standard InChI is InChI=1S/C14H12BrClN2O/c15-11-5-4-10(13(16)7-11)8-19-12-3-1-2-9(6-12)14(17)18/h1-7H,8H2,(H3,17,18). The van der Waals surface area contributed by atoms with E-state index in [0.29, 0.717) is 22.9 Å². The van der Waals surface area contributed by atoms with Crippen LogP contribution in [0.2, 0.25) is 5.02 Å². The van der Waals surface area contributed by atoms with Crippen LogP contribution < -0.4 is 10.5 Å². The number of nitrogens with one attached hydrogen (secondary N) is 1. The highest BCUT2D eigenvalue weighted by atomic mass is 79.9. The van der Waals surface area contributed by atoms with Gasteiger partial charge in [0.1, 0.15) is 18.2 Å². The molecule has 3 N–H and O–H groups in total. The second-order valence-electron chi connectivity index (χ2n) is 3.97. The summed E-state index contributed by atoms with van der Waals surface area (Å²) in [6, 6.07) is 12.8. The van der Waals surface area contributed by atoms with Crippen molar-refractivity contribution in [2.75, 3.05) is 0 Å². The van der Waals surface area contributed by atoms with Crippen molar-refractivity contribution in [3.8, 4) is 5.75 Å². The number of benzene rings is 2. The van der Waals surface area contributed by atoms with Crippen molar-refractivity contribution >= 4 is 33.4 Å². The lowest BCUT2D eigenvalue weighted by molar-refractivity contribution is 0.306. The highest BCUT2D eigenvalue weighted by molar-refractivity contribution is 9.10. The van der Waals surface area contributed by atoms with E-state index < -0.39 is 0 Å². The molecule has 19 heavy (non-hydrogen) atoms. The van der Waals surface area contributed by atoms with Gasteiger partial charge in [-0.05, 0) is 24.3 Å². The van der Waals surface area contributed by atoms with Gasteiger partial charge in [-0.1, -0.05) is 45.7 Å². The molecule has 5 heteroatoms. The average molecular weight is 340 g/mol. The minimum atomic E-state index is 0.0205. The van der Waals surface area contributed by atoms with E-state index in [2.05, 4.69) is 15.9 Å². The summed E-state index contributed by atoms with van der Waals surface area (Å²) in [7, 11) is 0. The molecule has 0 aromatic heterocycles. The highest BCUT2D eigenvalue weighted by Crippen LogP contribution is 2.23. The van der Waals surface area contributed by atoms with E-state index in [4.69, 9.17) is 27.5 Å². The zero-order valence-electron chi connectivity index (χ0n) is 9.99. The number of nitrogens with two attached hydrogens (primary N) is 1. The predicted molar refractivity (Wildman–Crippen MR) is 80.9 cm³/mol. The molecule has 3 nitrogen and oxygen atoms in total. The third kappa shape index (κ3) is 3.72. The summed E-state index contributed by atoms with van der Waals surface area (Å²) >= 11 is 9.47. The highest BCUT2D eigenvalue weighted by Gasteiger charge is 2.03. The number of rotatable bonds is 4. The predicted octanol–water partition coefficient (Wildman–Crippen LogP) is 3.97. The average Bonchev–Trinajstić information content (AvgIpc) is 2.38. The van der Waals surface area contributed by atoms with E-state index in [-0.39, 0.29) is 5.84 Å². The lowest BCUT2D eigenvalue weighted by atomic mass is 10.2. The Morgan fingerprint density at radius 3 is 2.74 bits per heavy atom. The number of hydrogen-bond acceptors (Lipinski definition) is 2. The first-order valence-electron chi connectivity index (χ1n) is 5.57. The molecule has 0 unspecified atom stereocenters. The Kier molecular flexibility index (Phi) is 4.45. The van der Waals surface area contributed by atoms with Crippen LogP contribution in [0.4, 0.5) is 0 Å². The molecule has 0 bridgehead atoms. The SMILES string of the molecule is N=C(N)c1cccc(OCc2ccc(Br)cc2Cl)c1. The monoisotopic (exact) mass is 338 g/mol. The molecule has 0 radical (unpaired) electrons. The van der Waals surface area contributed by atoms with Crippen molar-refractivity contribution in [2.24, 2.45) is 5.73 Å². The van der Waals surface area contributed by atoms with Crippen molar-refractivity contribution in [1.82, 2.24) is 0 Å². The molecule has 0 aliphatic heterocycles. The minimum Gasteiger partial charge on any atom is -0.489 e. The van der Waals surface area contributed by atoms with E-state index in [1.807, 2.05) is 24.3 Å². The normalized spacial score (nSPS) is 10.2. The maximum atomic E-state index is 7.38. The Bertz CT molecular complexity index is 616. The van der Waals surface area contributed by atoms with Gasteiger partial charge in [-0.15, -0.1) is 0 Å². The van der Waals surface area contributed by atoms with Crippen molar-refractivity contribution in [2.45, 2.75) is 6.61 Å². The Morgan fingerprint density at radius 1 is 1.26 bits per heavy atom. The van der Waals surface area contributed by atoms with Gasteiger partial charge in [0.05, 0.1) is 0 Å². The fraction of sp³-hybridized carbons (Fsp3) is 0.0714. The van der Waals surface area contributed by atoms with Crippen LogP contribution >= 0.6 is 27.5 Å². The van der Waals surface area contributed by atoms with Gasteiger partial charge in [-0.25, -0.2) is 0 Å². The van der Waals surface area contributed by atoms with Gasteiger partial charge in [0.2, 0.25) is 0 Å². The topological polar surface area (TPSA) is 59.1 Å². The molecular formula is C14H12BrClN2O. The molecule has 0 aliphatic rings. The fourth-order valence-electron chi connectivity index (χ4n) is 1.55. The van der Waals surface area contributed by atoms with Gasteiger partial charge in [0.15, 0.2) is 0 Å². The van der Waals surface area contributed by atoms with Gasteiger partial charge in [0.25, 0.3) is 0 Å². The number of hydrogen-bond donors (Lipinski definition) is 2. The maximum absolute atomic E-state index is 7.38. The molecule has 0 fully saturated rings. The number of amidine groups is 1. The summed E-state index contributed by atoms with van der Waals surface area (Å²) in [6.45, 7) is 0.369. The van der Waals surface area contributed by atoms with Crippen molar-refractivity contribution < 1.29 is 4.74 Å². The molecule has 0 aliphatic carbocycles. The fourth-order valence-corrected chi connectivity index (χ4v) is 2.28. The summed E-state index contributed by atoms with van der Waals surface area (Å²) in [6.07, 6.45) is 0. The number of ether oxygens (including phenoxy) is 1. The Morgan fingerprint density at radius 2 is 2.05 bits per heavy atom. The Balaban J connectivity index is 2.10. The first-order chi connectivity index (χ1) is 9.06. The van der Waals surface area contributed by atoms with Crippen LogP contribution in [-0.4, -0.2) is 5.84 Å². The van der Waals surface area contributed by atoms with E-state index >= 15 is 0 Å². The van der Waals surface area contributed by atoms with Crippen LogP contribution in [-0.2, 0) is 6.61 Å². The van der Waals surface area contributed by atoms with Crippen LogP contribution in [0.3, 0.4) is 0 Å². The number of halogens is 2. The summed E-state index contributed by atoms with van der Waals surface area (Å²) in [4.78, 5) is 0. The lowest BCUT2D eigenvalue weighted by Gasteiger charge is -2.09. The molecule has 0 saturated heterocycles. The van der Waals surface area contributed by atoms with Crippen molar-refractivity contribution in [1.29, 1.82) is 5.41 Å². The van der Waals surface area contributed by atoms with Gasteiger partial charge in [0, 0.05) is 20.6 Å². The quantitative estimate of drug-likeness (QED) is 0.654. The van der Waals surface area contributed by atoms with Crippen LogP contribution in [0, 0.1) is 5.41 Å². The first-order valence-corrected chi connectivity index (χ1v) is 6.74. The van der Waals surface area contributed by atoms with E-state index in [1.165, 1.54) is 0 Å². The molecule has 98 valence electrons. The van der Waals surface area contributed by atoms with Crippen molar-refractivity contribution in [3.63, 3.8) is 0 Å². The molecule has 0 heterocycles. The lowest BCUT2D eigenvalue weighted by Crippen LogP contribution is -2.10. The molecule has 2 aromatic carbocycles. The molecule has 2 rings (SSSR count). The molecule has 0 atom stereocenters. The van der Waals surface area contributed by atoms with Gasteiger partial charge < -0.3 is 10.5 Å². The van der Waals surface area contributed by atoms with E-state index in [1.54, 1.807) is 18.2 Å². The largest absolute Gasteiger partial charge is 0.489 e. The van der Waals surface area contributed by atoms with Crippen LogP contribution in [0.5, 0.6) is 5.75 Å². The van der Waals surface area contributed by atoms with Gasteiger partial charge in [-0.3, -0.25) is 5.41 Å². The molecule has 0 amide bonds. The smallest absolute Gasteiger partial charge is 0.122 e. The molecule has 0 spiro atoms. The van der Waals surface area contributed by atoms with E-state index in [0.717, 1.165) is 10.0 Å². The second-order valence-corrected chi connectivity index (χ2v) is 5.29. The Labute approximate surface area is 125 Å². The maximum Gasteiger partial charge on any atom is 0.122 e. The number of nitrogen functional groups attached to an aromatic ring is 1. The van der Waals surface area contributed by atoms with Gasteiger partial charge in [-0.2, -0.15) is 0 Å². The van der Waals surface area contributed by atoms with Crippen LogP contribution in [0.25, 0.3) is 0 Å². The Hall–Kier alpha value is -1.52. The zero-order chi connectivity index (χ0) is 13.8. The first kappa shape index (κ1) is 13.9. The van der Waals surface area contributed by atoms with Crippen LogP contribution in [0.1, 0.15) is 11.1 Å².